The van der Waals surface area contributed by atoms with Gasteiger partial charge in [-0.25, -0.2) is 4.39 Å². The summed E-state index contributed by atoms with van der Waals surface area (Å²) < 4.78 is 19.6. The molecule has 100 valence electrons. The number of aryl methyl sites for hydroxylation is 2. The molecule has 0 atom stereocenters. The smallest absolute Gasteiger partial charge is 0.166 e. The Bertz CT molecular complexity index is 608. The molecule has 0 bridgehead atoms. The van der Waals surface area contributed by atoms with E-state index < -0.39 is 0 Å². The molecule has 0 heterocycles. The number of rotatable bonds is 3. The summed E-state index contributed by atoms with van der Waals surface area (Å²) in [6.45, 7) is 6.01. The molecule has 2 aromatic rings. The van der Waals surface area contributed by atoms with Gasteiger partial charge in [0.05, 0.1) is 0 Å². The lowest BCUT2D eigenvalue weighted by atomic mass is 10.1. The summed E-state index contributed by atoms with van der Waals surface area (Å²) >= 11 is 3.31. The normalized spacial score (nSPS) is 10.6. The minimum Gasteiger partial charge on any atom is -0.454 e. The van der Waals surface area contributed by atoms with Crippen LogP contribution in [0.1, 0.15) is 22.3 Å². The molecule has 0 fully saturated rings. The lowest BCUT2D eigenvalue weighted by Gasteiger charge is -2.13. The third-order valence-corrected chi connectivity index (χ3v) is 3.78. The number of ether oxygens (including phenoxy) is 1. The third kappa shape index (κ3) is 3.16. The fourth-order valence-electron chi connectivity index (χ4n) is 1.94. The first-order chi connectivity index (χ1) is 9.01. The van der Waals surface area contributed by atoms with Gasteiger partial charge in [-0.05, 0) is 61.2 Å². The monoisotopic (exact) mass is 322 g/mol. The zero-order chi connectivity index (χ0) is 14.0. The van der Waals surface area contributed by atoms with Gasteiger partial charge in [-0.3, -0.25) is 0 Å². The lowest BCUT2D eigenvalue weighted by Crippen LogP contribution is -1.94. The van der Waals surface area contributed by atoms with E-state index in [9.17, 15) is 4.39 Å². The Kier molecular flexibility index (Phi) is 4.25. The summed E-state index contributed by atoms with van der Waals surface area (Å²) in [7, 11) is 0. The molecular formula is C16H16BrFO. The maximum absolute atomic E-state index is 13.9. The zero-order valence-corrected chi connectivity index (χ0v) is 12.8. The molecule has 0 aliphatic carbocycles. The molecule has 0 spiro atoms. The molecular weight excluding hydrogens is 307 g/mol. The zero-order valence-electron chi connectivity index (χ0n) is 11.3. The molecule has 19 heavy (non-hydrogen) atoms. The van der Waals surface area contributed by atoms with Gasteiger partial charge in [0.15, 0.2) is 11.6 Å². The summed E-state index contributed by atoms with van der Waals surface area (Å²) in [5, 5.41) is 0.632. The van der Waals surface area contributed by atoms with E-state index in [1.54, 1.807) is 6.07 Å². The van der Waals surface area contributed by atoms with Crippen molar-refractivity contribution < 1.29 is 9.13 Å². The fourth-order valence-corrected chi connectivity index (χ4v) is 2.28. The highest BCUT2D eigenvalue weighted by Gasteiger charge is 2.09. The SMILES string of the molecule is Cc1cc(C)c(C)c(Oc2ccc(CBr)cc2F)c1. The van der Waals surface area contributed by atoms with Crippen LogP contribution in [0.4, 0.5) is 4.39 Å². The second-order valence-electron chi connectivity index (χ2n) is 4.71. The van der Waals surface area contributed by atoms with Gasteiger partial charge in [-0.2, -0.15) is 0 Å². The van der Waals surface area contributed by atoms with E-state index in [0.29, 0.717) is 11.1 Å². The average Bonchev–Trinajstić information content (AvgIpc) is 2.37. The second-order valence-corrected chi connectivity index (χ2v) is 5.27. The van der Waals surface area contributed by atoms with Crippen molar-refractivity contribution in [3.05, 3.63) is 58.4 Å². The Balaban J connectivity index is 2.36. The summed E-state index contributed by atoms with van der Waals surface area (Å²) in [6, 6.07) is 9.03. The number of benzene rings is 2. The molecule has 0 amide bonds. The Hall–Kier alpha value is -1.35. The molecule has 0 aliphatic rings. The van der Waals surface area contributed by atoms with E-state index >= 15 is 0 Å². The number of hydrogen-bond donors (Lipinski definition) is 0. The first-order valence-electron chi connectivity index (χ1n) is 6.11. The molecule has 2 rings (SSSR count). The van der Waals surface area contributed by atoms with Gasteiger partial charge in [-0.15, -0.1) is 0 Å². The van der Waals surface area contributed by atoms with Crippen molar-refractivity contribution in [2.24, 2.45) is 0 Å². The molecule has 0 radical (unpaired) electrons. The van der Waals surface area contributed by atoms with Gasteiger partial charge in [0.1, 0.15) is 5.75 Å². The molecule has 0 unspecified atom stereocenters. The quantitative estimate of drug-likeness (QED) is 0.684. The molecule has 1 nitrogen and oxygen atoms in total. The molecule has 0 aliphatic heterocycles. The van der Waals surface area contributed by atoms with Crippen LogP contribution in [0.2, 0.25) is 0 Å². The molecule has 0 saturated carbocycles. The number of halogens is 2. The predicted molar refractivity (Wildman–Crippen MR) is 79.8 cm³/mol. The van der Waals surface area contributed by atoms with Crippen molar-refractivity contribution in [2.45, 2.75) is 26.1 Å². The van der Waals surface area contributed by atoms with Gasteiger partial charge in [0, 0.05) is 5.33 Å². The van der Waals surface area contributed by atoms with Gasteiger partial charge in [-0.1, -0.05) is 28.1 Å². The first kappa shape index (κ1) is 14.1. The van der Waals surface area contributed by atoms with Crippen LogP contribution >= 0.6 is 15.9 Å². The highest BCUT2D eigenvalue weighted by molar-refractivity contribution is 9.08. The van der Waals surface area contributed by atoms with E-state index in [1.165, 1.54) is 6.07 Å². The first-order valence-corrected chi connectivity index (χ1v) is 7.23. The van der Waals surface area contributed by atoms with Gasteiger partial charge in [0.25, 0.3) is 0 Å². The maximum atomic E-state index is 13.9. The Morgan fingerprint density at radius 3 is 2.42 bits per heavy atom. The Labute approximate surface area is 121 Å². The van der Waals surface area contributed by atoms with Crippen LogP contribution in [0.3, 0.4) is 0 Å². The van der Waals surface area contributed by atoms with Crippen LogP contribution < -0.4 is 4.74 Å². The largest absolute Gasteiger partial charge is 0.454 e. The highest BCUT2D eigenvalue weighted by atomic mass is 79.9. The van der Waals surface area contributed by atoms with E-state index in [-0.39, 0.29) is 11.6 Å². The minimum atomic E-state index is -0.337. The highest BCUT2D eigenvalue weighted by Crippen LogP contribution is 2.30. The molecule has 0 aromatic heterocycles. The van der Waals surface area contributed by atoms with Crippen molar-refractivity contribution >= 4 is 15.9 Å². The number of alkyl halides is 1. The van der Waals surface area contributed by atoms with Gasteiger partial charge < -0.3 is 4.74 Å². The Morgan fingerprint density at radius 2 is 1.79 bits per heavy atom. The topological polar surface area (TPSA) is 9.23 Å². The standard InChI is InChI=1S/C16H16BrFO/c1-10-6-11(2)12(3)16(7-10)19-15-5-4-13(9-17)8-14(15)18/h4-8H,9H2,1-3H3. The third-order valence-electron chi connectivity index (χ3n) is 3.13. The summed E-state index contributed by atoms with van der Waals surface area (Å²) in [5.74, 6) is 0.635. The van der Waals surface area contributed by atoms with Crippen molar-refractivity contribution in [3.8, 4) is 11.5 Å². The van der Waals surface area contributed by atoms with Crippen LogP contribution in [-0.4, -0.2) is 0 Å². The summed E-state index contributed by atoms with van der Waals surface area (Å²) in [6.07, 6.45) is 0. The van der Waals surface area contributed by atoms with E-state index in [1.807, 2.05) is 32.9 Å². The summed E-state index contributed by atoms with van der Waals surface area (Å²) in [4.78, 5) is 0. The second kappa shape index (κ2) is 5.74. The van der Waals surface area contributed by atoms with Crippen LogP contribution in [0, 0.1) is 26.6 Å². The summed E-state index contributed by atoms with van der Waals surface area (Å²) in [5.41, 5.74) is 4.18. The maximum Gasteiger partial charge on any atom is 0.166 e. The van der Waals surface area contributed by atoms with Gasteiger partial charge in [0.2, 0.25) is 0 Å². The van der Waals surface area contributed by atoms with Crippen molar-refractivity contribution in [1.29, 1.82) is 0 Å². The minimum absolute atomic E-state index is 0.262. The van der Waals surface area contributed by atoms with Crippen LogP contribution in [0.25, 0.3) is 0 Å². The number of hydrogen-bond acceptors (Lipinski definition) is 1. The molecule has 0 N–H and O–H groups in total. The van der Waals surface area contributed by atoms with Crippen molar-refractivity contribution in [1.82, 2.24) is 0 Å². The van der Waals surface area contributed by atoms with Crippen LogP contribution in [0.5, 0.6) is 11.5 Å². The predicted octanol–water partition coefficient (Wildman–Crippen LogP) is 5.44. The fraction of sp³-hybridized carbons (Fsp3) is 0.250. The molecule has 2 aromatic carbocycles. The molecule has 0 saturated heterocycles. The van der Waals surface area contributed by atoms with Gasteiger partial charge >= 0.3 is 0 Å². The van der Waals surface area contributed by atoms with Crippen LogP contribution in [0.15, 0.2) is 30.3 Å². The van der Waals surface area contributed by atoms with E-state index in [0.717, 1.165) is 22.3 Å². The lowest BCUT2D eigenvalue weighted by molar-refractivity contribution is 0.438. The Morgan fingerprint density at radius 1 is 1.05 bits per heavy atom. The van der Waals surface area contributed by atoms with E-state index in [2.05, 4.69) is 22.0 Å². The van der Waals surface area contributed by atoms with E-state index in [4.69, 9.17) is 4.74 Å². The average molecular weight is 323 g/mol. The van der Waals surface area contributed by atoms with Crippen molar-refractivity contribution in [3.63, 3.8) is 0 Å². The van der Waals surface area contributed by atoms with Crippen LogP contribution in [-0.2, 0) is 5.33 Å². The van der Waals surface area contributed by atoms with Crippen molar-refractivity contribution in [2.75, 3.05) is 0 Å². The molecule has 3 heteroatoms.